The molecule has 102 valence electrons. The van der Waals surface area contributed by atoms with Gasteiger partial charge in [-0.1, -0.05) is 28.1 Å². The molecule has 4 heteroatoms. The van der Waals surface area contributed by atoms with E-state index in [4.69, 9.17) is 0 Å². The lowest BCUT2D eigenvalue weighted by Crippen LogP contribution is -2.07. The first-order valence-electron chi connectivity index (χ1n) is 6.25. The second kappa shape index (κ2) is 7.01. The molecule has 0 amide bonds. The second-order valence-corrected chi connectivity index (χ2v) is 5.41. The maximum Gasteiger partial charge on any atom is 0.0857 e. The monoisotopic (exact) mass is 329 g/mol. The Bertz CT molecular complexity index is 599. The standard InChI is InChI=1S/C16H16BrN3/c1-20(2)16-9-3-13(4-10-16)11-12-18-19-15-7-5-14(17)6-8-15/h3-12H,1-2H3/b12-11-,19-18?. The molecule has 0 unspecified atom stereocenters. The van der Waals surface area contributed by atoms with Crippen molar-refractivity contribution in [2.24, 2.45) is 10.2 Å². The van der Waals surface area contributed by atoms with Crippen molar-refractivity contribution in [1.29, 1.82) is 0 Å². The van der Waals surface area contributed by atoms with E-state index in [-0.39, 0.29) is 0 Å². The molecule has 0 aliphatic rings. The van der Waals surface area contributed by atoms with E-state index in [1.54, 1.807) is 6.20 Å². The van der Waals surface area contributed by atoms with Crippen molar-refractivity contribution in [1.82, 2.24) is 0 Å². The first-order chi connectivity index (χ1) is 9.65. The lowest BCUT2D eigenvalue weighted by Gasteiger charge is -2.11. The fourth-order valence-corrected chi connectivity index (χ4v) is 1.88. The van der Waals surface area contributed by atoms with Crippen LogP contribution in [0.2, 0.25) is 0 Å². The summed E-state index contributed by atoms with van der Waals surface area (Å²) in [6.07, 6.45) is 3.63. The molecule has 2 aromatic rings. The Balaban J connectivity index is 1.97. The molecule has 20 heavy (non-hydrogen) atoms. The minimum Gasteiger partial charge on any atom is -0.378 e. The Kier molecular flexibility index (Phi) is 5.07. The van der Waals surface area contributed by atoms with Crippen LogP contribution in [0.15, 0.2) is 69.4 Å². The van der Waals surface area contributed by atoms with Crippen molar-refractivity contribution in [3.05, 3.63) is 64.8 Å². The molecule has 3 nitrogen and oxygen atoms in total. The number of anilines is 1. The van der Waals surface area contributed by atoms with E-state index in [9.17, 15) is 0 Å². The molecule has 2 rings (SSSR count). The summed E-state index contributed by atoms with van der Waals surface area (Å²) in [5.74, 6) is 0. The summed E-state index contributed by atoms with van der Waals surface area (Å²) in [7, 11) is 4.05. The lowest BCUT2D eigenvalue weighted by atomic mass is 10.2. The van der Waals surface area contributed by atoms with Gasteiger partial charge in [0.15, 0.2) is 0 Å². The highest BCUT2D eigenvalue weighted by Crippen LogP contribution is 2.17. The van der Waals surface area contributed by atoms with Gasteiger partial charge in [-0.2, -0.15) is 10.2 Å². The van der Waals surface area contributed by atoms with Gasteiger partial charge in [-0.15, -0.1) is 0 Å². The van der Waals surface area contributed by atoms with Gasteiger partial charge in [0.25, 0.3) is 0 Å². The van der Waals surface area contributed by atoms with Crippen LogP contribution >= 0.6 is 15.9 Å². The van der Waals surface area contributed by atoms with Gasteiger partial charge in [0.2, 0.25) is 0 Å². The maximum atomic E-state index is 4.12. The van der Waals surface area contributed by atoms with E-state index in [2.05, 4.69) is 55.3 Å². The SMILES string of the molecule is CN(C)c1ccc(/C=C\N=Nc2ccc(Br)cc2)cc1. The van der Waals surface area contributed by atoms with Crippen LogP contribution in [-0.2, 0) is 0 Å². The molecule has 0 saturated carbocycles. The molecular formula is C16H16BrN3. The topological polar surface area (TPSA) is 28.0 Å². The summed E-state index contributed by atoms with van der Waals surface area (Å²) in [4.78, 5) is 2.07. The van der Waals surface area contributed by atoms with E-state index in [0.29, 0.717) is 0 Å². The van der Waals surface area contributed by atoms with Crippen LogP contribution in [0.5, 0.6) is 0 Å². The zero-order valence-electron chi connectivity index (χ0n) is 11.5. The lowest BCUT2D eigenvalue weighted by molar-refractivity contribution is 1.13. The quantitative estimate of drug-likeness (QED) is 0.702. The molecule has 0 saturated heterocycles. The van der Waals surface area contributed by atoms with Crippen molar-refractivity contribution in [3.63, 3.8) is 0 Å². The van der Waals surface area contributed by atoms with Crippen molar-refractivity contribution >= 4 is 33.4 Å². The summed E-state index contributed by atoms with van der Waals surface area (Å²) in [5.41, 5.74) is 3.12. The average Bonchev–Trinajstić information content (AvgIpc) is 2.46. The van der Waals surface area contributed by atoms with E-state index >= 15 is 0 Å². The summed E-state index contributed by atoms with van der Waals surface area (Å²) in [6.45, 7) is 0. The van der Waals surface area contributed by atoms with E-state index in [1.807, 2.05) is 44.4 Å². The van der Waals surface area contributed by atoms with Crippen LogP contribution in [0.4, 0.5) is 11.4 Å². The number of nitrogens with zero attached hydrogens (tertiary/aromatic N) is 3. The van der Waals surface area contributed by atoms with Gasteiger partial charge >= 0.3 is 0 Å². The summed E-state index contributed by atoms with van der Waals surface area (Å²) < 4.78 is 1.04. The van der Waals surface area contributed by atoms with Crippen LogP contribution in [0.3, 0.4) is 0 Å². The Morgan fingerprint density at radius 1 is 0.950 bits per heavy atom. The summed E-state index contributed by atoms with van der Waals surface area (Å²) in [5, 5.41) is 8.16. The third-order valence-electron chi connectivity index (χ3n) is 2.74. The number of benzene rings is 2. The van der Waals surface area contributed by atoms with Crippen molar-refractivity contribution in [2.75, 3.05) is 19.0 Å². The molecular weight excluding hydrogens is 314 g/mol. The van der Waals surface area contributed by atoms with Gasteiger partial charge in [0.05, 0.1) is 11.9 Å². The molecule has 2 aromatic carbocycles. The fraction of sp³-hybridized carbons (Fsp3) is 0.125. The van der Waals surface area contributed by atoms with Crippen LogP contribution in [0.1, 0.15) is 5.56 Å². The predicted octanol–water partition coefficient (Wildman–Crippen LogP) is 5.27. The predicted molar refractivity (Wildman–Crippen MR) is 88.5 cm³/mol. The first kappa shape index (κ1) is 14.5. The maximum absolute atomic E-state index is 4.12. The largest absolute Gasteiger partial charge is 0.378 e. The van der Waals surface area contributed by atoms with Gasteiger partial charge in [0, 0.05) is 24.3 Å². The van der Waals surface area contributed by atoms with Crippen molar-refractivity contribution in [3.8, 4) is 0 Å². The Morgan fingerprint density at radius 3 is 2.20 bits per heavy atom. The summed E-state index contributed by atoms with van der Waals surface area (Å²) in [6, 6.07) is 16.0. The van der Waals surface area contributed by atoms with E-state index in [0.717, 1.165) is 15.7 Å². The molecule has 0 bridgehead atoms. The van der Waals surface area contributed by atoms with Crippen molar-refractivity contribution < 1.29 is 0 Å². The molecule has 0 spiro atoms. The third kappa shape index (κ3) is 4.31. The molecule has 0 aliphatic carbocycles. The first-order valence-corrected chi connectivity index (χ1v) is 7.05. The van der Waals surface area contributed by atoms with Gasteiger partial charge in [0.1, 0.15) is 0 Å². The van der Waals surface area contributed by atoms with Gasteiger partial charge in [-0.3, -0.25) is 0 Å². The summed E-state index contributed by atoms with van der Waals surface area (Å²) >= 11 is 3.38. The van der Waals surface area contributed by atoms with Gasteiger partial charge in [-0.25, -0.2) is 0 Å². The zero-order chi connectivity index (χ0) is 14.4. The minimum atomic E-state index is 0.834. The number of halogens is 1. The smallest absolute Gasteiger partial charge is 0.0857 e. The molecule has 0 radical (unpaired) electrons. The Hall–Kier alpha value is -1.94. The average molecular weight is 330 g/mol. The van der Waals surface area contributed by atoms with Gasteiger partial charge < -0.3 is 4.90 Å². The third-order valence-corrected chi connectivity index (χ3v) is 3.27. The highest BCUT2D eigenvalue weighted by Gasteiger charge is 1.93. The van der Waals surface area contributed by atoms with Gasteiger partial charge in [-0.05, 0) is 48.0 Å². The zero-order valence-corrected chi connectivity index (χ0v) is 13.1. The van der Waals surface area contributed by atoms with Crippen LogP contribution < -0.4 is 4.90 Å². The molecule has 0 aromatic heterocycles. The Morgan fingerprint density at radius 2 is 1.60 bits per heavy atom. The highest BCUT2D eigenvalue weighted by atomic mass is 79.9. The van der Waals surface area contributed by atoms with E-state index in [1.165, 1.54) is 5.69 Å². The van der Waals surface area contributed by atoms with Crippen LogP contribution in [-0.4, -0.2) is 14.1 Å². The molecule has 0 heterocycles. The normalized spacial score (nSPS) is 11.3. The second-order valence-electron chi connectivity index (χ2n) is 4.49. The molecule has 0 N–H and O–H groups in total. The van der Waals surface area contributed by atoms with E-state index < -0.39 is 0 Å². The highest BCUT2D eigenvalue weighted by molar-refractivity contribution is 9.10. The minimum absolute atomic E-state index is 0.834. The molecule has 0 aliphatic heterocycles. The van der Waals surface area contributed by atoms with Crippen LogP contribution in [0.25, 0.3) is 6.08 Å². The number of hydrogen-bond acceptors (Lipinski definition) is 3. The molecule has 0 atom stereocenters. The number of rotatable bonds is 4. The molecule has 0 fully saturated rings. The fourth-order valence-electron chi connectivity index (χ4n) is 1.61. The van der Waals surface area contributed by atoms with Crippen LogP contribution in [0, 0.1) is 0 Å². The number of hydrogen-bond donors (Lipinski definition) is 0. The van der Waals surface area contributed by atoms with Crippen molar-refractivity contribution in [2.45, 2.75) is 0 Å². The Labute approximate surface area is 127 Å². The number of azo groups is 1.